The van der Waals surface area contributed by atoms with Crippen LogP contribution < -0.4 is 0 Å². The summed E-state index contributed by atoms with van der Waals surface area (Å²) in [5.74, 6) is -0.723. The molecule has 0 saturated carbocycles. The molecule has 1 rings (SSSR count). The van der Waals surface area contributed by atoms with Gasteiger partial charge in [-0.15, -0.1) is 11.8 Å². The zero-order valence-electron chi connectivity index (χ0n) is 11.3. The molecule has 1 fully saturated rings. The van der Waals surface area contributed by atoms with Crippen molar-refractivity contribution < 1.29 is 19.4 Å². The first-order valence-corrected chi connectivity index (χ1v) is 7.01. The number of carboxylic acids is 1. The fourth-order valence-electron chi connectivity index (χ4n) is 1.78. The summed E-state index contributed by atoms with van der Waals surface area (Å²) in [5, 5.41) is 8.98. The van der Waals surface area contributed by atoms with Gasteiger partial charge in [0.25, 0.3) is 0 Å². The molecular formula is C12H21NO4S. The minimum Gasteiger partial charge on any atom is -0.480 e. The van der Waals surface area contributed by atoms with E-state index >= 15 is 0 Å². The van der Waals surface area contributed by atoms with E-state index in [1.807, 2.05) is 13.8 Å². The Kier molecular flexibility index (Phi) is 5.04. The molecule has 0 bridgehead atoms. The normalized spacial score (nSPS) is 25.0. The molecule has 1 aliphatic rings. The maximum atomic E-state index is 12.0. The average Bonchev–Trinajstić information content (AvgIpc) is 2.24. The molecule has 2 atom stereocenters. The lowest BCUT2D eigenvalue weighted by atomic mass is 10.2. The number of nitrogens with zero attached hydrogens (tertiary/aromatic N) is 1. The fourth-order valence-corrected chi connectivity index (χ4v) is 2.57. The van der Waals surface area contributed by atoms with E-state index < -0.39 is 10.7 Å². The zero-order chi connectivity index (χ0) is 13.9. The second-order valence-electron chi connectivity index (χ2n) is 5.16. The van der Waals surface area contributed by atoms with Gasteiger partial charge in [-0.1, -0.05) is 0 Å². The molecule has 1 aliphatic heterocycles. The predicted octanol–water partition coefficient (Wildman–Crippen LogP) is 1.22. The Labute approximate surface area is 112 Å². The topological polar surface area (TPSA) is 66.8 Å². The van der Waals surface area contributed by atoms with Crippen molar-refractivity contribution in [3.05, 3.63) is 0 Å². The minimum atomic E-state index is -0.931. The van der Waals surface area contributed by atoms with Crippen molar-refractivity contribution in [2.45, 2.75) is 44.6 Å². The Balaban J connectivity index is 2.48. The summed E-state index contributed by atoms with van der Waals surface area (Å²) in [6.45, 7) is 8.25. The van der Waals surface area contributed by atoms with Gasteiger partial charge in [0.05, 0.1) is 18.0 Å². The monoisotopic (exact) mass is 275 g/mol. The van der Waals surface area contributed by atoms with E-state index in [-0.39, 0.29) is 23.9 Å². The molecule has 1 saturated heterocycles. The van der Waals surface area contributed by atoms with E-state index in [9.17, 15) is 9.59 Å². The van der Waals surface area contributed by atoms with Gasteiger partial charge in [-0.3, -0.25) is 9.59 Å². The van der Waals surface area contributed by atoms with Gasteiger partial charge in [0.15, 0.2) is 0 Å². The first kappa shape index (κ1) is 15.3. The summed E-state index contributed by atoms with van der Waals surface area (Å²) in [6, 6.07) is 0. The summed E-state index contributed by atoms with van der Waals surface area (Å²) in [5.41, 5.74) is 0. The molecule has 0 aromatic rings. The van der Waals surface area contributed by atoms with Crippen molar-refractivity contribution in [3.63, 3.8) is 0 Å². The molecule has 1 N–H and O–H groups in total. The number of ether oxygens (including phenoxy) is 1. The molecule has 2 unspecified atom stereocenters. The highest BCUT2D eigenvalue weighted by Gasteiger charge is 2.31. The molecule has 104 valence electrons. The number of hydrogen-bond donors (Lipinski definition) is 1. The second-order valence-corrected chi connectivity index (χ2v) is 6.76. The Bertz CT molecular complexity index is 322. The zero-order valence-corrected chi connectivity index (χ0v) is 12.1. The van der Waals surface area contributed by atoms with E-state index in [1.54, 1.807) is 18.7 Å². The maximum absolute atomic E-state index is 12.0. The Morgan fingerprint density at radius 3 is 2.28 bits per heavy atom. The molecule has 0 aromatic heterocycles. The summed E-state index contributed by atoms with van der Waals surface area (Å²) in [4.78, 5) is 24.7. The standard InChI is InChI=1S/C12H21NO4S/c1-8-5-13(6-9(2)17-8)10(14)7-18-12(3,4)11(15)16/h8-9H,5-7H2,1-4H3,(H,15,16). The first-order valence-electron chi connectivity index (χ1n) is 6.03. The van der Waals surface area contributed by atoms with Crippen molar-refractivity contribution in [1.82, 2.24) is 4.90 Å². The highest BCUT2D eigenvalue weighted by molar-refractivity contribution is 8.01. The van der Waals surface area contributed by atoms with Gasteiger partial charge in [-0.05, 0) is 27.7 Å². The maximum Gasteiger partial charge on any atom is 0.319 e. The number of carbonyl (C=O) groups is 2. The van der Waals surface area contributed by atoms with E-state index in [4.69, 9.17) is 9.84 Å². The number of amides is 1. The number of morpholine rings is 1. The third-order valence-electron chi connectivity index (χ3n) is 2.84. The van der Waals surface area contributed by atoms with Crippen molar-refractivity contribution in [3.8, 4) is 0 Å². The molecule has 6 heteroatoms. The summed E-state index contributed by atoms with van der Waals surface area (Å²) >= 11 is 1.16. The molecular weight excluding hydrogens is 254 g/mol. The van der Waals surface area contributed by atoms with Crippen LogP contribution in [0.3, 0.4) is 0 Å². The number of carboxylic acid groups (broad SMARTS) is 1. The molecule has 0 spiro atoms. The highest BCUT2D eigenvalue weighted by Crippen LogP contribution is 2.25. The van der Waals surface area contributed by atoms with Crippen LogP contribution in [-0.4, -0.2) is 57.7 Å². The van der Waals surface area contributed by atoms with Gasteiger partial charge < -0.3 is 14.7 Å². The minimum absolute atomic E-state index is 0.0173. The predicted molar refractivity (Wildman–Crippen MR) is 70.8 cm³/mol. The van der Waals surface area contributed by atoms with Crippen molar-refractivity contribution in [1.29, 1.82) is 0 Å². The number of thioether (sulfide) groups is 1. The Morgan fingerprint density at radius 2 is 1.83 bits per heavy atom. The van der Waals surface area contributed by atoms with Crippen LogP contribution >= 0.6 is 11.8 Å². The SMILES string of the molecule is CC1CN(C(=O)CSC(C)(C)C(=O)O)CC(C)O1. The molecule has 1 amide bonds. The van der Waals surface area contributed by atoms with E-state index in [0.717, 1.165) is 11.8 Å². The largest absolute Gasteiger partial charge is 0.480 e. The first-order chi connectivity index (χ1) is 8.22. The number of rotatable bonds is 4. The number of aliphatic carboxylic acids is 1. The van der Waals surface area contributed by atoms with Gasteiger partial charge in [-0.25, -0.2) is 0 Å². The van der Waals surface area contributed by atoms with Gasteiger partial charge in [-0.2, -0.15) is 0 Å². The third kappa shape index (κ3) is 4.17. The van der Waals surface area contributed by atoms with Crippen LogP contribution in [0.4, 0.5) is 0 Å². The highest BCUT2D eigenvalue weighted by atomic mass is 32.2. The third-order valence-corrected chi connectivity index (χ3v) is 4.13. The lowest BCUT2D eigenvalue weighted by Gasteiger charge is -2.35. The fraction of sp³-hybridized carbons (Fsp3) is 0.833. The van der Waals surface area contributed by atoms with Crippen LogP contribution in [0.5, 0.6) is 0 Å². The van der Waals surface area contributed by atoms with Crippen LogP contribution in [0.1, 0.15) is 27.7 Å². The smallest absolute Gasteiger partial charge is 0.319 e. The van der Waals surface area contributed by atoms with E-state index in [1.165, 1.54) is 0 Å². The molecule has 0 aromatic carbocycles. The number of hydrogen-bond acceptors (Lipinski definition) is 4. The Morgan fingerprint density at radius 1 is 1.33 bits per heavy atom. The van der Waals surface area contributed by atoms with Crippen LogP contribution in [-0.2, 0) is 14.3 Å². The molecule has 5 nitrogen and oxygen atoms in total. The van der Waals surface area contributed by atoms with E-state index in [2.05, 4.69) is 0 Å². The summed E-state index contributed by atoms with van der Waals surface area (Å²) in [6.07, 6.45) is 0.0744. The van der Waals surface area contributed by atoms with Crippen LogP contribution in [0.25, 0.3) is 0 Å². The molecule has 18 heavy (non-hydrogen) atoms. The molecule has 0 radical (unpaired) electrons. The molecule has 0 aliphatic carbocycles. The van der Waals surface area contributed by atoms with E-state index in [0.29, 0.717) is 13.1 Å². The lowest BCUT2D eigenvalue weighted by molar-refractivity contribution is -0.140. The van der Waals surface area contributed by atoms with Crippen molar-refractivity contribution >= 4 is 23.6 Å². The van der Waals surface area contributed by atoms with Gasteiger partial charge >= 0.3 is 5.97 Å². The van der Waals surface area contributed by atoms with Crippen LogP contribution in [0, 0.1) is 0 Å². The quantitative estimate of drug-likeness (QED) is 0.835. The van der Waals surface area contributed by atoms with Crippen LogP contribution in [0.2, 0.25) is 0 Å². The van der Waals surface area contributed by atoms with Gasteiger partial charge in [0.2, 0.25) is 5.91 Å². The van der Waals surface area contributed by atoms with Crippen molar-refractivity contribution in [2.24, 2.45) is 0 Å². The number of carbonyl (C=O) groups excluding carboxylic acids is 1. The average molecular weight is 275 g/mol. The lowest BCUT2D eigenvalue weighted by Crippen LogP contribution is -2.49. The van der Waals surface area contributed by atoms with Gasteiger partial charge in [0.1, 0.15) is 4.75 Å². The second kappa shape index (κ2) is 5.93. The Hall–Kier alpha value is -0.750. The van der Waals surface area contributed by atoms with Crippen molar-refractivity contribution in [2.75, 3.05) is 18.8 Å². The summed E-state index contributed by atoms with van der Waals surface area (Å²) in [7, 11) is 0. The van der Waals surface area contributed by atoms with Gasteiger partial charge in [0, 0.05) is 13.1 Å². The molecule has 1 heterocycles. The van der Waals surface area contributed by atoms with Crippen LogP contribution in [0.15, 0.2) is 0 Å². The summed E-state index contributed by atoms with van der Waals surface area (Å²) < 4.78 is 4.62.